The summed E-state index contributed by atoms with van der Waals surface area (Å²) in [6, 6.07) is 7.28. The van der Waals surface area contributed by atoms with E-state index in [-0.39, 0.29) is 5.82 Å². The van der Waals surface area contributed by atoms with Gasteiger partial charge in [0.15, 0.2) is 5.82 Å². The average molecular weight is 254 g/mol. The summed E-state index contributed by atoms with van der Waals surface area (Å²) < 4.78 is 15.5. The Hall–Kier alpha value is -2.56. The summed E-state index contributed by atoms with van der Waals surface area (Å²) in [5, 5.41) is 0. The maximum Gasteiger partial charge on any atom is 0.158 e. The quantitative estimate of drug-likeness (QED) is 0.721. The highest BCUT2D eigenvalue weighted by molar-refractivity contribution is 5.49. The fourth-order valence-electron chi connectivity index (χ4n) is 1.88. The van der Waals surface area contributed by atoms with Crippen LogP contribution in [0.1, 0.15) is 5.56 Å². The molecule has 0 unspecified atom stereocenters. The lowest BCUT2D eigenvalue weighted by Crippen LogP contribution is -2.04. The van der Waals surface area contributed by atoms with Gasteiger partial charge in [-0.3, -0.25) is 9.97 Å². The third-order valence-electron chi connectivity index (χ3n) is 2.81. The molecule has 0 spiro atoms. The van der Waals surface area contributed by atoms with Crippen molar-refractivity contribution in [3.63, 3.8) is 0 Å². The highest BCUT2D eigenvalue weighted by Crippen LogP contribution is 2.16. The summed E-state index contributed by atoms with van der Waals surface area (Å²) in [6.45, 7) is 0.403. The summed E-state index contributed by atoms with van der Waals surface area (Å²) in [6.07, 6.45) is 8.00. The minimum absolute atomic E-state index is 0.317. The van der Waals surface area contributed by atoms with Crippen molar-refractivity contribution in [1.82, 2.24) is 19.5 Å². The molecule has 0 aliphatic rings. The van der Waals surface area contributed by atoms with E-state index in [1.807, 2.05) is 29.0 Å². The van der Waals surface area contributed by atoms with Gasteiger partial charge in [-0.1, -0.05) is 6.07 Å². The summed E-state index contributed by atoms with van der Waals surface area (Å²) in [7, 11) is 0. The van der Waals surface area contributed by atoms with Crippen LogP contribution in [-0.2, 0) is 6.54 Å². The van der Waals surface area contributed by atoms with Crippen molar-refractivity contribution >= 4 is 0 Å². The normalized spacial score (nSPS) is 10.6. The highest BCUT2D eigenvalue weighted by Gasteiger charge is 2.09. The van der Waals surface area contributed by atoms with Gasteiger partial charge in [0.05, 0.1) is 12.7 Å². The largest absolute Gasteiger partial charge is 0.325 e. The fraction of sp³-hybridized carbons (Fsp3) is 0.0714. The molecular formula is C14H11FN4. The summed E-state index contributed by atoms with van der Waals surface area (Å²) >= 11 is 0. The summed E-state index contributed by atoms with van der Waals surface area (Å²) in [5.41, 5.74) is 1.34. The fourth-order valence-corrected chi connectivity index (χ4v) is 1.88. The van der Waals surface area contributed by atoms with Crippen LogP contribution in [0.25, 0.3) is 11.5 Å². The number of rotatable bonds is 3. The second-order valence-electron chi connectivity index (χ2n) is 4.06. The number of pyridine rings is 2. The molecule has 3 heterocycles. The van der Waals surface area contributed by atoms with Gasteiger partial charge < -0.3 is 4.57 Å². The Kier molecular flexibility index (Phi) is 3.02. The van der Waals surface area contributed by atoms with E-state index in [4.69, 9.17) is 0 Å². The van der Waals surface area contributed by atoms with E-state index in [9.17, 15) is 4.39 Å². The molecule has 0 saturated carbocycles. The van der Waals surface area contributed by atoms with Crippen LogP contribution in [0.4, 0.5) is 4.39 Å². The molecule has 4 nitrogen and oxygen atoms in total. The Morgan fingerprint density at radius 2 is 2.00 bits per heavy atom. The van der Waals surface area contributed by atoms with Crippen molar-refractivity contribution in [3.05, 3.63) is 66.6 Å². The monoisotopic (exact) mass is 254 g/mol. The van der Waals surface area contributed by atoms with E-state index in [1.54, 1.807) is 24.7 Å². The van der Waals surface area contributed by atoms with E-state index in [2.05, 4.69) is 15.0 Å². The van der Waals surface area contributed by atoms with Crippen molar-refractivity contribution in [1.29, 1.82) is 0 Å². The first-order valence-corrected chi connectivity index (χ1v) is 5.85. The Labute approximate surface area is 109 Å². The molecule has 94 valence electrons. The van der Waals surface area contributed by atoms with Gasteiger partial charge in [0.2, 0.25) is 0 Å². The van der Waals surface area contributed by atoms with Crippen molar-refractivity contribution in [2.24, 2.45) is 0 Å². The van der Waals surface area contributed by atoms with Crippen molar-refractivity contribution in [3.8, 4) is 11.5 Å². The third kappa shape index (κ3) is 2.35. The Balaban J connectivity index is 1.96. The van der Waals surface area contributed by atoms with E-state index in [0.717, 1.165) is 11.5 Å². The van der Waals surface area contributed by atoms with Crippen LogP contribution in [-0.4, -0.2) is 19.5 Å². The number of hydrogen-bond donors (Lipinski definition) is 0. The van der Waals surface area contributed by atoms with Crippen LogP contribution in [0.3, 0.4) is 0 Å². The number of nitrogens with zero attached hydrogens (tertiary/aromatic N) is 4. The van der Waals surface area contributed by atoms with Crippen LogP contribution >= 0.6 is 0 Å². The Bertz CT molecular complexity index is 679. The van der Waals surface area contributed by atoms with Gasteiger partial charge in [-0.2, -0.15) is 0 Å². The zero-order valence-corrected chi connectivity index (χ0v) is 10.1. The zero-order valence-electron chi connectivity index (χ0n) is 10.1. The van der Waals surface area contributed by atoms with Gasteiger partial charge in [0.1, 0.15) is 11.5 Å². The first-order valence-electron chi connectivity index (χ1n) is 5.85. The Morgan fingerprint density at radius 3 is 2.79 bits per heavy atom. The molecule has 0 radical (unpaired) electrons. The second kappa shape index (κ2) is 4.97. The van der Waals surface area contributed by atoms with E-state index in [0.29, 0.717) is 12.1 Å². The molecule has 0 fully saturated rings. The molecular weight excluding hydrogens is 243 g/mol. The number of imidazole rings is 1. The minimum atomic E-state index is -0.317. The van der Waals surface area contributed by atoms with Crippen LogP contribution in [0.5, 0.6) is 0 Å². The predicted octanol–water partition coefficient (Wildman–Crippen LogP) is 2.53. The molecule has 19 heavy (non-hydrogen) atoms. The van der Waals surface area contributed by atoms with Crippen LogP contribution in [0, 0.1) is 5.82 Å². The van der Waals surface area contributed by atoms with Crippen LogP contribution in [0.2, 0.25) is 0 Å². The molecule has 0 saturated heterocycles. The van der Waals surface area contributed by atoms with Gasteiger partial charge in [-0.05, 0) is 18.2 Å². The van der Waals surface area contributed by atoms with Crippen LogP contribution < -0.4 is 0 Å². The first kappa shape index (κ1) is 11.5. The maximum atomic E-state index is 13.6. The molecule has 0 aliphatic heterocycles. The molecule has 0 N–H and O–H groups in total. The number of hydrogen-bond acceptors (Lipinski definition) is 3. The molecule has 0 bridgehead atoms. The van der Waals surface area contributed by atoms with E-state index < -0.39 is 0 Å². The minimum Gasteiger partial charge on any atom is -0.325 e. The molecule has 0 aromatic carbocycles. The summed E-state index contributed by atoms with van der Waals surface area (Å²) in [5.74, 6) is 0.403. The highest BCUT2D eigenvalue weighted by atomic mass is 19.1. The zero-order chi connectivity index (χ0) is 13.1. The molecule has 0 aliphatic carbocycles. The summed E-state index contributed by atoms with van der Waals surface area (Å²) in [4.78, 5) is 12.3. The van der Waals surface area contributed by atoms with Gasteiger partial charge in [0, 0.05) is 30.4 Å². The van der Waals surface area contributed by atoms with E-state index in [1.165, 1.54) is 6.20 Å². The van der Waals surface area contributed by atoms with Gasteiger partial charge >= 0.3 is 0 Å². The first-order chi connectivity index (χ1) is 9.34. The van der Waals surface area contributed by atoms with Crippen molar-refractivity contribution in [2.75, 3.05) is 0 Å². The molecule has 3 aromatic heterocycles. The lowest BCUT2D eigenvalue weighted by atomic mass is 10.2. The number of aromatic nitrogens is 4. The average Bonchev–Trinajstić information content (AvgIpc) is 2.91. The van der Waals surface area contributed by atoms with Crippen molar-refractivity contribution < 1.29 is 4.39 Å². The SMILES string of the molecule is Fc1cnccc1Cn1ccnc1-c1ccccn1. The standard InChI is InChI=1S/C14H11FN4/c15-12-9-16-6-4-11(12)10-19-8-7-18-14(19)13-3-1-2-5-17-13/h1-9H,10H2. The lowest BCUT2D eigenvalue weighted by Gasteiger charge is -2.07. The Morgan fingerprint density at radius 1 is 1.05 bits per heavy atom. The van der Waals surface area contributed by atoms with Gasteiger partial charge in [-0.25, -0.2) is 9.37 Å². The maximum absolute atomic E-state index is 13.6. The topological polar surface area (TPSA) is 43.6 Å². The number of halogens is 1. The lowest BCUT2D eigenvalue weighted by molar-refractivity contribution is 0.594. The van der Waals surface area contributed by atoms with Gasteiger partial charge in [-0.15, -0.1) is 0 Å². The predicted molar refractivity (Wildman–Crippen MR) is 68.8 cm³/mol. The van der Waals surface area contributed by atoms with Gasteiger partial charge in [0.25, 0.3) is 0 Å². The van der Waals surface area contributed by atoms with E-state index >= 15 is 0 Å². The molecule has 0 amide bonds. The van der Waals surface area contributed by atoms with Crippen molar-refractivity contribution in [2.45, 2.75) is 6.54 Å². The molecule has 5 heteroatoms. The third-order valence-corrected chi connectivity index (χ3v) is 2.81. The second-order valence-corrected chi connectivity index (χ2v) is 4.06. The smallest absolute Gasteiger partial charge is 0.158 e. The van der Waals surface area contributed by atoms with Crippen LogP contribution in [0.15, 0.2) is 55.2 Å². The molecule has 0 atom stereocenters. The molecule has 3 rings (SSSR count). The molecule has 3 aromatic rings.